The Morgan fingerprint density at radius 2 is 2.00 bits per heavy atom. The summed E-state index contributed by atoms with van der Waals surface area (Å²) in [5.74, 6) is -1.12. The first-order valence-corrected chi connectivity index (χ1v) is 5.67. The van der Waals surface area contributed by atoms with E-state index in [1.807, 2.05) is 0 Å². The van der Waals surface area contributed by atoms with Crippen molar-refractivity contribution < 1.29 is 28.3 Å². The smallest absolute Gasteiger partial charge is 0.454 e. The van der Waals surface area contributed by atoms with Gasteiger partial charge in [0.1, 0.15) is 18.6 Å². The molecular formula is C7H13O6P. The monoisotopic (exact) mass is 224 g/mol. The molecule has 6 nitrogen and oxygen atoms in total. The molecule has 1 heterocycles. The first kappa shape index (κ1) is 11.5. The molecule has 1 rings (SSSR count). The SMILES string of the molecule is CCC1(C(C)OP(=O)(O)O)OC=CO1. The molecular weight excluding hydrogens is 211 g/mol. The molecule has 14 heavy (non-hydrogen) atoms. The molecule has 0 aromatic carbocycles. The fourth-order valence-corrected chi connectivity index (χ4v) is 1.82. The number of phosphoric ester groups is 1. The molecule has 0 spiro atoms. The van der Waals surface area contributed by atoms with Gasteiger partial charge in [-0.1, -0.05) is 6.92 Å². The Labute approximate surface area is 81.7 Å². The van der Waals surface area contributed by atoms with Crippen LogP contribution in [-0.4, -0.2) is 21.7 Å². The molecule has 82 valence electrons. The van der Waals surface area contributed by atoms with Crippen LogP contribution in [0.2, 0.25) is 0 Å². The minimum atomic E-state index is -4.52. The first-order valence-electron chi connectivity index (χ1n) is 4.14. The van der Waals surface area contributed by atoms with Gasteiger partial charge in [0.25, 0.3) is 5.79 Å². The summed E-state index contributed by atoms with van der Waals surface area (Å²) >= 11 is 0. The van der Waals surface area contributed by atoms with Crippen LogP contribution in [0.25, 0.3) is 0 Å². The van der Waals surface area contributed by atoms with E-state index in [0.717, 1.165) is 0 Å². The molecule has 0 bridgehead atoms. The summed E-state index contributed by atoms with van der Waals surface area (Å²) in [7, 11) is -4.52. The van der Waals surface area contributed by atoms with Crippen LogP contribution in [0, 0.1) is 0 Å². The van der Waals surface area contributed by atoms with Gasteiger partial charge in [-0.05, 0) is 6.92 Å². The zero-order valence-corrected chi connectivity index (χ0v) is 8.81. The highest BCUT2D eigenvalue weighted by molar-refractivity contribution is 7.46. The average molecular weight is 224 g/mol. The van der Waals surface area contributed by atoms with Crippen molar-refractivity contribution in [2.24, 2.45) is 0 Å². The molecule has 0 amide bonds. The van der Waals surface area contributed by atoms with Crippen molar-refractivity contribution in [2.45, 2.75) is 32.2 Å². The fourth-order valence-electron chi connectivity index (χ4n) is 1.25. The average Bonchev–Trinajstić information content (AvgIpc) is 2.49. The molecule has 0 saturated carbocycles. The summed E-state index contributed by atoms with van der Waals surface area (Å²) in [5, 5.41) is 0. The van der Waals surface area contributed by atoms with E-state index in [-0.39, 0.29) is 0 Å². The third-order valence-corrected chi connectivity index (χ3v) is 2.59. The van der Waals surface area contributed by atoms with Gasteiger partial charge in [0.05, 0.1) is 0 Å². The van der Waals surface area contributed by atoms with E-state index >= 15 is 0 Å². The van der Waals surface area contributed by atoms with Crippen molar-refractivity contribution in [2.75, 3.05) is 0 Å². The second-order valence-electron chi connectivity index (χ2n) is 2.91. The zero-order valence-electron chi connectivity index (χ0n) is 7.91. The van der Waals surface area contributed by atoms with Crippen molar-refractivity contribution >= 4 is 7.82 Å². The van der Waals surface area contributed by atoms with Gasteiger partial charge in [0, 0.05) is 6.42 Å². The normalized spacial score (nSPS) is 21.4. The predicted molar refractivity (Wildman–Crippen MR) is 46.9 cm³/mol. The van der Waals surface area contributed by atoms with Crippen LogP contribution in [-0.2, 0) is 18.6 Å². The van der Waals surface area contributed by atoms with E-state index in [9.17, 15) is 4.57 Å². The van der Waals surface area contributed by atoms with Crippen LogP contribution in [0.4, 0.5) is 0 Å². The Morgan fingerprint density at radius 1 is 1.50 bits per heavy atom. The third-order valence-electron chi connectivity index (χ3n) is 2.00. The lowest BCUT2D eigenvalue weighted by Gasteiger charge is -2.31. The van der Waals surface area contributed by atoms with Crippen LogP contribution < -0.4 is 0 Å². The van der Waals surface area contributed by atoms with Crippen LogP contribution in [0.1, 0.15) is 20.3 Å². The Bertz CT molecular complexity index is 261. The van der Waals surface area contributed by atoms with Crippen molar-refractivity contribution in [3.8, 4) is 0 Å². The van der Waals surface area contributed by atoms with Crippen LogP contribution in [0.5, 0.6) is 0 Å². The molecule has 1 unspecified atom stereocenters. The summed E-state index contributed by atoms with van der Waals surface area (Å²) < 4.78 is 25.3. The minimum Gasteiger partial charge on any atom is -0.454 e. The lowest BCUT2D eigenvalue weighted by molar-refractivity contribution is -0.200. The largest absolute Gasteiger partial charge is 0.470 e. The van der Waals surface area contributed by atoms with Gasteiger partial charge in [0.15, 0.2) is 0 Å². The maximum absolute atomic E-state index is 10.6. The van der Waals surface area contributed by atoms with Gasteiger partial charge in [-0.25, -0.2) is 4.57 Å². The van der Waals surface area contributed by atoms with Crippen molar-refractivity contribution in [1.29, 1.82) is 0 Å². The summed E-state index contributed by atoms with van der Waals surface area (Å²) in [5.41, 5.74) is 0. The second-order valence-corrected chi connectivity index (χ2v) is 4.10. The molecule has 1 aliphatic heterocycles. The van der Waals surface area contributed by atoms with Gasteiger partial charge in [-0.2, -0.15) is 0 Å². The fraction of sp³-hybridized carbons (Fsp3) is 0.714. The molecule has 2 N–H and O–H groups in total. The lowest BCUT2D eigenvalue weighted by Crippen LogP contribution is -2.42. The topological polar surface area (TPSA) is 85.2 Å². The molecule has 0 aromatic heterocycles. The summed E-state index contributed by atoms with van der Waals surface area (Å²) in [6, 6.07) is 0. The maximum atomic E-state index is 10.6. The highest BCUT2D eigenvalue weighted by atomic mass is 31.2. The highest BCUT2D eigenvalue weighted by Gasteiger charge is 2.44. The van der Waals surface area contributed by atoms with Gasteiger partial charge in [-0.3, -0.25) is 4.52 Å². The number of phosphoric acid groups is 1. The van der Waals surface area contributed by atoms with Crippen molar-refractivity contribution in [3.05, 3.63) is 12.5 Å². The van der Waals surface area contributed by atoms with Crippen LogP contribution >= 0.6 is 7.82 Å². The van der Waals surface area contributed by atoms with E-state index in [2.05, 4.69) is 4.52 Å². The molecule has 7 heteroatoms. The Morgan fingerprint density at radius 3 is 2.36 bits per heavy atom. The molecule has 0 radical (unpaired) electrons. The van der Waals surface area contributed by atoms with Crippen LogP contribution in [0.3, 0.4) is 0 Å². The minimum absolute atomic E-state index is 0.418. The Balaban J connectivity index is 2.66. The summed E-state index contributed by atoms with van der Waals surface area (Å²) in [6.07, 6.45) is 2.20. The van der Waals surface area contributed by atoms with Crippen molar-refractivity contribution in [3.63, 3.8) is 0 Å². The quantitative estimate of drug-likeness (QED) is 0.695. The number of hydrogen-bond donors (Lipinski definition) is 2. The molecule has 1 atom stereocenters. The van der Waals surface area contributed by atoms with E-state index < -0.39 is 19.7 Å². The molecule has 1 aliphatic rings. The predicted octanol–water partition coefficient (Wildman–Crippen LogP) is 1.11. The van der Waals surface area contributed by atoms with E-state index in [1.165, 1.54) is 19.4 Å². The van der Waals surface area contributed by atoms with Gasteiger partial charge < -0.3 is 19.3 Å². The van der Waals surface area contributed by atoms with Gasteiger partial charge >= 0.3 is 7.82 Å². The number of rotatable bonds is 4. The summed E-state index contributed by atoms with van der Waals surface area (Å²) in [6.45, 7) is 3.25. The third kappa shape index (κ3) is 2.48. The lowest BCUT2D eigenvalue weighted by atomic mass is 10.1. The van der Waals surface area contributed by atoms with Gasteiger partial charge in [-0.15, -0.1) is 0 Å². The molecule has 0 fully saturated rings. The highest BCUT2D eigenvalue weighted by Crippen LogP contribution is 2.42. The van der Waals surface area contributed by atoms with E-state index in [4.69, 9.17) is 19.3 Å². The number of hydrogen-bond acceptors (Lipinski definition) is 4. The van der Waals surface area contributed by atoms with E-state index in [1.54, 1.807) is 6.92 Å². The van der Waals surface area contributed by atoms with Gasteiger partial charge in [0.2, 0.25) is 0 Å². The second kappa shape index (κ2) is 3.90. The number of ether oxygens (including phenoxy) is 2. The van der Waals surface area contributed by atoms with Crippen LogP contribution in [0.15, 0.2) is 12.5 Å². The molecule has 0 aromatic rings. The standard InChI is InChI=1S/C7H13O6P/c1-3-7(11-4-5-12-7)6(2)13-14(8,9)10/h4-6H,3H2,1-2H3,(H2,8,9,10). The van der Waals surface area contributed by atoms with Crippen molar-refractivity contribution in [1.82, 2.24) is 0 Å². The van der Waals surface area contributed by atoms with E-state index in [0.29, 0.717) is 6.42 Å². The zero-order chi connectivity index (χ0) is 10.8. The summed E-state index contributed by atoms with van der Waals surface area (Å²) in [4.78, 5) is 17.2. The first-order chi connectivity index (χ1) is 6.40. The molecule has 0 saturated heterocycles. The Kier molecular flexibility index (Phi) is 3.21. The Hall–Kier alpha value is -0.550. The maximum Gasteiger partial charge on any atom is 0.470 e. The molecule has 0 aliphatic carbocycles.